The summed E-state index contributed by atoms with van der Waals surface area (Å²) in [5, 5.41) is 9.43. The van der Waals surface area contributed by atoms with Crippen LogP contribution in [0.3, 0.4) is 0 Å². The average Bonchev–Trinajstić information content (AvgIpc) is 3.06. The summed E-state index contributed by atoms with van der Waals surface area (Å²) in [5.74, 6) is -1.02. The summed E-state index contributed by atoms with van der Waals surface area (Å²) >= 11 is 0. The lowest BCUT2D eigenvalue weighted by Crippen LogP contribution is -2.18. The molecule has 0 saturated carbocycles. The molecule has 3 rings (SSSR count). The van der Waals surface area contributed by atoms with Gasteiger partial charge in [-0.3, -0.25) is 19.7 Å². The molecule has 1 aromatic carbocycles. The highest BCUT2D eigenvalue weighted by Crippen LogP contribution is 2.18. The number of carbonyl (C=O) groups is 2. The Morgan fingerprint density at radius 1 is 1.09 bits per heavy atom. The third-order valence-corrected chi connectivity index (χ3v) is 3.24. The first-order valence-corrected chi connectivity index (χ1v) is 6.81. The normalized spacial score (nSPS) is 10.3. The monoisotopic (exact) mass is 307 g/mol. The largest absolute Gasteiger partial charge is 0.366 e. The number of rotatable bonds is 4. The van der Waals surface area contributed by atoms with Crippen molar-refractivity contribution in [3.05, 3.63) is 66.1 Å². The number of nitrogens with zero attached hydrogens (tertiary/aromatic N) is 2. The van der Waals surface area contributed by atoms with Crippen LogP contribution in [0.15, 0.2) is 54.9 Å². The van der Waals surface area contributed by atoms with Gasteiger partial charge in [0.1, 0.15) is 5.69 Å². The van der Waals surface area contributed by atoms with Crippen LogP contribution in [-0.4, -0.2) is 27.0 Å². The minimum Gasteiger partial charge on any atom is -0.366 e. The quantitative estimate of drug-likeness (QED) is 0.682. The summed E-state index contributed by atoms with van der Waals surface area (Å²) in [6.07, 6.45) is 3.29. The van der Waals surface area contributed by atoms with Crippen molar-refractivity contribution in [3.8, 4) is 11.3 Å². The van der Waals surface area contributed by atoms with E-state index in [1.165, 1.54) is 0 Å². The molecule has 114 valence electrons. The zero-order valence-electron chi connectivity index (χ0n) is 12.0. The standard InChI is InChI=1S/C16H13N5O2/c17-15(22)11-3-1-2-4-12(11)19-16(23)14-9-13(20-21-14)10-5-7-18-8-6-10/h1-9H,(H2,17,22)(H,19,23)(H,20,21). The van der Waals surface area contributed by atoms with Crippen LogP contribution in [-0.2, 0) is 0 Å². The molecule has 0 saturated heterocycles. The topological polar surface area (TPSA) is 114 Å². The number of benzene rings is 1. The number of amides is 2. The fraction of sp³-hybridized carbons (Fsp3) is 0. The van der Waals surface area contributed by atoms with Gasteiger partial charge in [-0.25, -0.2) is 0 Å². The molecule has 3 aromatic rings. The van der Waals surface area contributed by atoms with E-state index in [9.17, 15) is 9.59 Å². The zero-order chi connectivity index (χ0) is 16.2. The number of hydrogen-bond acceptors (Lipinski definition) is 4. The van der Waals surface area contributed by atoms with Crippen molar-refractivity contribution in [2.45, 2.75) is 0 Å². The molecule has 2 heterocycles. The van der Waals surface area contributed by atoms with E-state index in [1.54, 1.807) is 54.9 Å². The van der Waals surface area contributed by atoms with Gasteiger partial charge in [0.25, 0.3) is 11.8 Å². The van der Waals surface area contributed by atoms with Gasteiger partial charge in [-0.1, -0.05) is 12.1 Å². The predicted octanol–water partition coefficient (Wildman–Crippen LogP) is 1.82. The number of pyridine rings is 1. The molecule has 0 aliphatic heterocycles. The molecule has 0 aliphatic rings. The first-order valence-electron chi connectivity index (χ1n) is 6.81. The molecule has 0 unspecified atom stereocenters. The lowest BCUT2D eigenvalue weighted by Gasteiger charge is -2.07. The van der Waals surface area contributed by atoms with Crippen LogP contribution in [0.25, 0.3) is 11.3 Å². The van der Waals surface area contributed by atoms with Gasteiger partial charge in [-0.15, -0.1) is 0 Å². The van der Waals surface area contributed by atoms with E-state index in [2.05, 4.69) is 20.5 Å². The van der Waals surface area contributed by atoms with Gasteiger partial charge >= 0.3 is 0 Å². The van der Waals surface area contributed by atoms with Gasteiger partial charge in [-0.05, 0) is 30.3 Å². The molecule has 7 nitrogen and oxygen atoms in total. The Hall–Kier alpha value is -3.48. The second-order valence-corrected chi connectivity index (χ2v) is 4.77. The maximum Gasteiger partial charge on any atom is 0.273 e. The Balaban J connectivity index is 1.83. The Morgan fingerprint density at radius 2 is 1.83 bits per heavy atom. The SMILES string of the molecule is NC(=O)c1ccccc1NC(=O)c1cc(-c2ccncc2)n[nH]1. The number of para-hydroxylation sites is 1. The highest BCUT2D eigenvalue weighted by Gasteiger charge is 2.14. The van der Waals surface area contributed by atoms with Crippen molar-refractivity contribution >= 4 is 17.5 Å². The molecule has 2 aromatic heterocycles. The van der Waals surface area contributed by atoms with Gasteiger partial charge in [-0.2, -0.15) is 5.10 Å². The second-order valence-electron chi connectivity index (χ2n) is 4.77. The van der Waals surface area contributed by atoms with Crippen LogP contribution in [0, 0.1) is 0 Å². The molecule has 4 N–H and O–H groups in total. The number of carbonyl (C=O) groups excluding carboxylic acids is 2. The summed E-state index contributed by atoms with van der Waals surface area (Å²) in [6, 6.07) is 11.7. The molecule has 0 aliphatic carbocycles. The predicted molar refractivity (Wildman–Crippen MR) is 84.7 cm³/mol. The summed E-state index contributed by atoms with van der Waals surface area (Å²) in [5.41, 5.74) is 7.63. The maximum absolute atomic E-state index is 12.3. The number of nitrogens with two attached hydrogens (primary N) is 1. The van der Waals surface area contributed by atoms with E-state index < -0.39 is 11.8 Å². The Bertz CT molecular complexity index is 858. The number of anilines is 1. The van der Waals surface area contributed by atoms with Crippen LogP contribution < -0.4 is 11.1 Å². The number of nitrogens with one attached hydrogen (secondary N) is 2. The molecule has 2 amide bonds. The molecule has 0 bridgehead atoms. The average molecular weight is 307 g/mol. The molecule has 7 heteroatoms. The van der Waals surface area contributed by atoms with E-state index in [-0.39, 0.29) is 11.3 Å². The Kier molecular flexibility index (Phi) is 3.84. The molecule has 0 fully saturated rings. The summed E-state index contributed by atoms with van der Waals surface area (Å²) in [6.45, 7) is 0. The molecular weight excluding hydrogens is 294 g/mol. The summed E-state index contributed by atoms with van der Waals surface area (Å²) in [4.78, 5) is 27.6. The van der Waals surface area contributed by atoms with Gasteiger partial charge in [0.2, 0.25) is 0 Å². The lowest BCUT2D eigenvalue weighted by atomic mass is 10.1. The first kappa shape index (κ1) is 14.5. The van der Waals surface area contributed by atoms with Crippen LogP contribution in [0.2, 0.25) is 0 Å². The van der Waals surface area contributed by atoms with Crippen molar-refractivity contribution in [2.75, 3.05) is 5.32 Å². The Labute approximate surface area is 131 Å². The van der Waals surface area contributed by atoms with Crippen molar-refractivity contribution < 1.29 is 9.59 Å². The number of hydrogen-bond donors (Lipinski definition) is 3. The van der Waals surface area contributed by atoms with E-state index in [4.69, 9.17) is 5.73 Å². The molecular formula is C16H13N5O2. The van der Waals surface area contributed by atoms with Gasteiger partial charge in [0, 0.05) is 18.0 Å². The van der Waals surface area contributed by atoms with E-state index in [0.717, 1.165) is 5.56 Å². The van der Waals surface area contributed by atoms with Gasteiger partial charge < -0.3 is 11.1 Å². The first-order chi connectivity index (χ1) is 11.1. The second kappa shape index (κ2) is 6.10. The zero-order valence-corrected chi connectivity index (χ0v) is 12.0. The minimum absolute atomic E-state index is 0.245. The smallest absolute Gasteiger partial charge is 0.273 e. The van der Waals surface area contributed by atoms with Gasteiger partial charge in [0.15, 0.2) is 0 Å². The van der Waals surface area contributed by atoms with Crippen LogP contribution in [0.1, 0.15) is 20.8 Å². The molecule has 0 radical (unpaired) electrons. The summed E-state index contributed by atoms with van der Waals surface area (Å²) in [7, 11) is 0. The fourth-order valence-electron chi connectivity index (χ4n) is 2.11. The van der Waals surface area contributed by atoms with Crippen molar-refractivity contribution in [2.24, 2.45) is 5.73 Å². The Morgan fingerprint density at radius 3 is 2.57 bits per heavy atom. The number of primary amides is 1. The van der Waals surface area contributed by atoms with Crippen molar-refractivity contribution in [3.63, 3.8) is 0 Å². The number of aromatic amines is 1. The summed E-state index contributed by atoms with van der Waals surface area (Å²) < 4.78 is 0. The number of H-pyrrole nitrogens is 1. The molecule has 0 atom stereocenters. The minimum atomic E-state index is -0.608. The fourth-order valence-corrected chi connectivity index (χ4v) is 2.11. The van der Waals surface area contributed by atoms with E-state index >= 15 is 0 Å². The van der Waals surface area contributed by atoms with Crippen LogP contribution in [0.5, 0.6) is 0 Å². The maximum atomic E-state index is 12.3. The number of aromatic nitrogens is 3. The highest BCUT2D eigenvalue weighted by atomic mass is 16.2. The third-order valence-electron chi connectivity index (χ3n) is 3.24. The molecule has 23 heavy (non-hydrogen) atoms. The highest BCUT2D eigenvalue weighted by molar-refractivity contribution is 6.08. The van der Waals surface area contributed by atoms with Crippen LogP contribution >= 0.6 is 0 Å². The van der Waals surface area contributed by atoms with E-state index in [1.807, 2.05) is 0 Å². The lowest BCUT2D eigenvalue weighted by molar-refractivity contribution is 0.100. The van der Waals surface area contributed by atoms with Crippen molar-refractivity contribution in [1.29, 1.82) is 0 Å². The van der Waals surface area contributed by atoms with Crippen molar-refractivity contribution in [1.82, 2.24) is 15.2 Å². The van der Waals surface area contributed by atoms with Crippen LogP contribution in [0.4, 0.5) is 5.69 Å². The third kappa shape index (κ3) is 3.08. The van der Waals surface area contributed by atoms with Gasteiger partial charge in [0.05, 0.1) is 16.9 Å². The molecule has 0 spiro atoms. The van der Waals surface area contributed by atoms with E-state index in [0.29, 0.717) is 11.4 Å².